The summed E-state index contributed by atoms with van der Waals surface area (Å²) in [6.07, 6.45) is 0. The summed E-state index contributed by atoms with van der Waals surface area (Å²) < 4.78 is 3.11. The molecule has 0 bridgehead atoms. The molecule has 0 aliphatic heterocycles. The summed E-state index contributed by atoms with van der Waals surface area (Å²) in [5.74, 6) is 1.07. The van der Waals surface area contributed by atoms with E-state index in [0.717, 1.165) is 20.2 Å². The van der Waals surface area contributed by atoms with Crippen molar-refractivity contribution in [2.45, 2.75) is 18.6 Å². The molecule has 1 N–H and O–H groups in total. The second-order valence-corrected chi connectivity index (χ2v) is 7.64. The Morgan fingerprint density at radius 3 is 2.72 bits per heavy atom. The molecule has 128 valence electrons. The molecule has 0 spiro atoms. The van der Waals surface area contributed by atoms with Gasteiger partial charge in [-0.1, -0.05) is 48.2 Å². The summed E-state index contributed by atoms with van der Waals surface area (Å²) in [4.78, 5) is 12.2. The summed E-state index contributed by atoms with van der Waals surface area (Å²) in [5, 5.41) is 12.0. The van der Waals surface area contributed by atoms with E-state index in [-0.39, 0.29) is 5.91 Å². The van der Waals surface area contributed by atoms with Crippen LogP contribution in [0.5, 0.6) is 0 Å². The molecule has 5 nitrogen and oxygen atoms in total. The quantitative estimate of drug-likeness (QED) is 0.443. The van der Waals surface area contributed by atoms with E-state index >= 15 is 0 Å². The maximum Gasteiger partial charge on any atom is 0.234 e. The van der Waals surface area contributed by atoms with E-state index in [1.165, 1.54) is 17.3 Å². The molecule has 3 rings (SSSR count). The molecule has 0 radical (unpaired) electrons. The van der Waals surface area contributed by atoms with Crippen molar-refractivity contribution in [3.05, 3.63) is 69.6 Å². The highest BCUT2D eigenvalue weighted by molar-refractivity contribution is 14.1. The summed E-state index contributed by atoms with van der Waals surface area (Å²) >= 11 is 3.62. The second-order valence-electron chi connectivity index (χ2n) is 5.45. The van der Waals surface area contributed by atoms with Crippen molar-refractivity contribution in [2.24, 2.45) is 0 Å². The maximum atomic E-state index is 12.2. The number of nitrogens with one attached hydrogen (secondary N) is 1. The van der Waals surface area contributed by atoms with Crippen molar-refractivity contribution in [3.8, 4) is 0 Å². The molecule has 3 aromatic rings. The predicted molar refractivity (Wildman–Crippen MR) is 109 cm³/mol. The molecule has 0 aliphatic rings. The minimum Gasteiger partial charge on any atom is -0.325 e. The van der Waals surface area contributed by atoms with Crippen molar-refractivity contribution in [2.75, 3.05) is 11.1 Å². The summed E-state index contributed by atoms with van der Waals surface area (Å²) in [7, 11) is 0. The number of carbonyl (C=O) groups excluding carboxylic acids is 1. The van der Waals surface area contributed by atoms with Gasteiger partial charge >= 0.3 is 0 Å². The van der Waals surface area contributed by atoms with Gasteiger partial charge in [-0.05, 0) is 53.3 Å². The number of aromatic nitrogens is 3. The van der Waals surface area contributed by atoms with Crippen LogP contribution in [0.4, 0.5) is 5.69 Å². The van der Waals surface area contributed by atoms with Crippen LogP contribution in [0, 0.1) is 10.5 Å². The summed E-state index contributed by atoms with van der Waals surface area (Å²) in [5.41, 5.74) is 1.98. The fourth-order valence-corrected chi connectivity index (χ4v) is 3.64. The topological polar surface area (TPSA) is 59.8 Å². The van der Waals surface area contributed by atoms with Crippen LogP contribution in [0.15, 0.2) is 59.8 Å². The van der Waals surface area contributed by atoms with Crippen molar-refractivity contribution in [1.82, 2.24) is 14.8 Å². The number of nitrogens with zero attached hydrogens (tertiary/aromatic N) is 3. The fourth-order valence-electron chi connectivity index (χ4n) is 2.31. The molecule has 1 aromatic heterocycles. The number of hydrogen-bond acceptors (Lipinski definition) is 4. The number of amides is 1. The molecule has 2 aromatic carbocycles. The van der Waals surface area contributed by atoms with Gasteiger partial charge in [0.2, 0.25) is 5.91 Å². The molecule has 0 saturated heterocycles. The first-order chi connectivity index (χ1) is 12.1. The number of anilines is 1. The van der Waals surface area contributed by atoms with Crippen molar-refractivity contribution in [1.29, 1.82) is 0 Å². The van der Waals surface area contributed by atoms with Gasteiger partial charge in [-0.15, -0.1) is 10.2 Å². The average Bonchev–Trinajstić information content (AvgIpc) is 2.94. The molecule has 0 unspecified atom stereocenters. The monoisotopic (exact) mass is 464 g/mol. The van der Waals surface area contributed by atoms with Crippen LogP contribution in [0.25, 0.3) is 0 Å². The summed E-state index contributed by atoms with van der Waals surface area (Å²) in [6.45, 7) is 2.62. The van der Waals surface area contributed by atoms with Crippen LogP contribution in [-0.4, -0.2) is 26.4 Å². The smallest absolute Gasteiger partial charge is 0.234 e. The van der Waals surface area contributed by atoms with Gasteiger partial charge in [0.25, 0.3) is 0 Å². The number of carbonyl (C=O) groups is 1. The lowest BCUT2D eigenvalue weighted by atomic mass is 10.2. The van der Waals surface area contributed by atoms with E-state index in [9.17, 15) is 4.79 Å². The molecule has 0 saturated carbocycles. The highest BCUT2D eigenvalue weighted by Gasteiger charge is 2.12. The van der Waals surface area contributed by atoms with Crippen LogP contribution in [0.1, 0.15) is 11.4 Å². The third-order valence-electron chi connectivity index (χ3n) is 3.53. The molecule has 0 atom stereocenters. The van der Waals surface area contributed by atoms with E-state index in [1.807, 2.05) is 54.0 Å². The number of hydrogen-bond donors (Lipinski definition) is 1. The van der Waals surface area contributed by atoms with Crippen LogP contribution >= 0.6 is 34.4 Å². The number of aryl methyl sites for hydroxylation is 1. The second kappa shape index (κ2) is 8.48. The van der Waals surface area contributed by atoms with Crippen LogP contribution in [0.2, 0.25) is 0 Å². The number of rotatable bonds is 6. The Bertz CT molecular complexity index is 867. The highest BCUT2D eigenvalue weighted by Crippen LogP contribution is 2.19. The van der Waals surface area contributed by atoms with E-state index in [1.54, 1.807) is 0 Å². The van der Waals surface area contributed by atoms with E-state index in [2.05, 4.69) is 50.2 Å². The zero-order chi connectivity index (χ0) is 17.6. The van der Waals surface area contributed by atoms with Gasteiger partial charge in [-0.2, -0.15) is 0 Å². The Morgan fingerprint density at radius 1 is 1.16 bits per heavy atom. The zero-order valence-corrected chi connectivity index (χ0v) is 16.6. The minimum atomic E-state index is -0.0566. The van der Waals surface area contributed by atoms with E-state index in [0.29, 0.717) is 12.3 Å². The molecule has 25 heavy (non-hydrogen) atoms. The molecule has 1 amide bonds. The zero-order valence-electron chi connectivity index (χ0n) is 13.6. The number of halogens is 1. The van der Waals surface area contributed by atoms with Gasteiger partial charge in [0, 0.05) is 9.26 Å². The molecular formula is C18H17IN4OS. The highest BCUT2D eigenvalue weighted by atomic mass is 127. The first-order valence-electron chi connectivity index (χ1n) is 7.74. The fraction of sp³-hybridized carbons (Fsp3) is 0.167. The van der Waals surface area contributed by atoms with Gasteiger partial charge in [0.15, 0.2) is 5.16 Å². The van der Waals surface area contributed by atoms with Gasteiger partial charge in [-0.3, -0.25) is 4.79 Å². The van der Waals surface area contributed by atoms with Gasteiger partial charge < -0.3 is 9.88 Å². The third kappa shape index (κ3) is 5.05. The lowest BCUT2D eigenvalue weighted by Crippen LogP contribution is -2.15. The van der Waals surface area contributed by atoms with Gasteiger partial charge in [0.05, 0.1) is 12.3 Å². The SMILES string of the molecule is Cc1nnc(SCC(=O)Nc2cccc(I)c2)n1Cc1ccccc1. The van der Waals surface area contributed by atoms with Crippen LogP contribution in [0.3, 0.4) is 0 Å². The first-order valence-corrected chi connectivity index (χ1v) is 9.80. The largest absolute Gasteiger partial charge is 0.325 e. The number of thioether (sulfide) groups is 1. The summed E-state index contributed by atoms with van der Waals surface area (Å²) in [6, 6.07) is 17.9. The van der Waals surface area contributed by atoms with Gasteiger partial charge in [-0.25, -0.2) is 0 Å². The molecule has 0 fully saturated rings. The van der Waals surface area contributed by atoms with Crippen molar-refractivity contribution in [3.63, 3.8) is 0 Å². The third-order valence-corrected chi connectivity index (χ3v) is 5.16. The van der Waals surface area contributed by atoms with E-state index < -0.39 is 0 Å². The Morgan fingerprint density at radius 2 is 1.96 bits per heavy atom. The Hall–Kier alpha value is -1.87. The maximum absolute atomic E-state index is 12.2. The Balaban J connectivity index is 1.62. The molecule has 1 heterocycles. The van der Waals surface area contributed by atoms with Gasteiger partial charge in [0.1, 0.15) is 5.82 Å². The standard InChI is InChI=1S/C18H17IN4OS/c1-13-21-22-18(23(13)11-14-6-3-2-4-7-14)25-12-17(24)20-16-9-5-8-15(19)10-16/h2-10H,11-12H2,1H3,(H,20,24). The van der Waals surface area contributed by atoms with Crippen LogP contribution in [-0.2, 0) is 11.3 Å². The molecule has 7 heteroatoms. The Labute approximate surface area is 164 Å². The van der Waals surface area contributed by atoms with Crippen molar-refractivity contribution < 1.29 is 4.79 Å². The number of benzene rings is 2. The van der Waals surface area contributed by atoms with Crippen LogP contribution < -0.4 is 5.32 Å². The molecule has 0 aliphatic carbocycles. The molecular weight excluding hydrogens is 447 g/mol. The lowest BCUT2D eigenvalue weighted by Gasteiger charge is -2.09. The predicted octanol–water partition coefficient (Wildman–Crippen LogP) is 3.97. The normalized spacial score (nSPS) is 10.6. The first kappa shape index (κ1) is 17.9. The lowest BCUT2D eigenvalue weighted by molar-refractivity contribution is -0.113. The van der Waals surface area contributed by atoms with E-state index in [4.69, 9.17) is 0 Å². The Kier molecular flexibility index (Phi) is 6.09. The van der Waals surface area contributed by atoms with Crippen molar-refractivity contribution >= 4 is 45.9 Å². The minimum absolute atomic E-state index is 0.0566. The average molecular weight is 464 g/mol.